The molecule has 1 aromatic heterocycles. The molecule has 0 amide bonds. The molecule has 1 aliphatic heterocycles. The van der Waals surface area contributed by atoms with Crippen LogP contribution in [0.2, 0.25) is 0 Å². The number of fused-ring (bicyclic) bond motifs is 4. The van der Waals surface area contributed by atoms with E-state index in [4.69, 9.17) is 0 Å². The van der Waals surface area contributed by atoms with Crippen LogP contribution in [0, 0.1) is 0 Å². The molecule has 2 heterocycles. The van der Waals surface area contributed by atoms with Crippen LogP contribution in [0.5, 0.6) is 0 Å². The molecule has 3 heteroatoms. The lowest BCUT2D eigenvalue weighted by Crippen LogP contribution is -2.30. The molecule has 138 valence electrons. The molecule has 0 saturated heterocycles. The van der Waals surface area contributed by atoms with Crippen LogP contribution in [0.25, 0.3) is 32.9 Å². The fraction of sp³-hybridized carbons (Fsp3) is 0.0385. The summed E-state index contributed by atoms with van der Waals surface area (Å²) < 4.78 is 2.30. The highest BCUT2D eigenvalue weighted by Gasteiger charge is 2.21. The molecule has 4 aromatic carbocycles. The molecular formula is C26H18NS2+. The van der Waals surface area contributed by atoms with Crippen LogP contribution in [0.1, 0.15) is 0 Å². The molecule has 0 N–H and O–H groups in total. The van der Waals surface area contributed by atoms with Gasteiger partial charge < -0.3 is 0 Å². The van der Waals surface area contributed by atoms with Gasteiger partial charge in [-0.25, -0.2) is 0 Å². The van der Waals surface area contributed by atoms with E-state index in [1.165, 1.54) is 52.5 Å². The van der Waals surface area contributed by atoms with E-state index >= 15 is 0 Å². The molecule has 5 aromatic rings. The van der Waals surface area contributed by atoms with Gasteiger partial charge in [-0.2, -0.15) is 4.57 Å². The third kappa shape index (κ3) is 2.69. The maximum Gasteiger partial charge on any atom is 0.213 e. The number of aryl methyl sites for hydroxylation is 1. The van der Waals surface area contributed by atoms with Crippen molar-refractivity contribution in [1.82, 2.24) is 0 Å². The van der Waals surface area contributed by atoms with E-state index in [0.29, 0.717) is 0 Å². The maximum absolute atomic E-state index is 2.37. The minimum atomic E-state index is 1.26. The van der Waals surface area contributed by atoms with Crippen LogP contribution in [-0.2, 0) is 7.05 Å². The third-order valence-electron chi connectivity index (χ3n) is 5.59. The average molecular weight is 409 g/mol. The number of rotatable bonds is 1. The molecule has 1 aliphatic rings. The average Bonchev–Trinajstić information content (AvgIpc) is 2.78. The maximum atomic E-state index is 2.37. The minimum absolute atomic E-state index is 1.26. The van der Waals surface area contributed by atoms with E-state index in [9.17, 15) is 0 Å². The van der Waals surface area contributed by atoms with Gasteiger partial charge in [-0.1, -0.05) is 66.0 Å². The van der Waals surface area contributed by atoms with Gasteiger partial charge in [-0.15, -0.1) is 0 Å². The second-order valence-electron chi connectivity index (χ2n) is 7.28. The first-order valence-corrected chi connectivity index (χ1v) is 11.3. The van der Waals surface area contributed by atoms with Crippen molar-refractivity contribution in [3.63, 3.8) is 0 Å². The van der Waals surface area contributed by atoms with E-state index < -0.39 is 0 Å². The third-order valence-corrected chi connectivity index (χ3v) is 8.13. The van der Waals surface area contributed by atoms with Crippen LogP contribution in [0.15, 0.2) is 111 Å². The van der Waals surface area contributed by atoms with Crippen molar-refractivity contribution in [3.05, 3.63) is 91.0 Å². The summed E-state index contributed by atoms with van der Waals surface area (Å²) in [5.41, 5.74) is 5.11. The Labute approximate surface area is 178 Å². The van der Waals surface area contributed by atoms with Gasteiger partial charge in [0.25, 0.3) is 0 Å². The van der Waals surface area contributed by atoms with Gasteiger partial charge in [0.05, 0.1) is 10.8 Å². The lowest BCUT2D eigenvalue weighted by molar-refractivity contribution is -0.617. The Balaban J connectivity index is 1.63. The Morgan fingerprint density at radius 3 is 1.72 bits per heavy atom. The van der Waals surface area contributed by atoms with Crippen LogP contribution in [0.3, 0.4) is 0 Å². The van der Waals surface area contributed by atoms with Crippen LogP contribution < -0.4 is 4.57 Å². The zero-order valence-electron chi connectivity index (χ0n) is 15.9. The monoisotopic (exact) mass is 408 g/mol. The number of hydrogen-bond acceptors (Lipinski definition) is 2. The van der Waals surface area contributed by atoms with Crippen molar-refractivity contribution < 1.29 is 4.57 Å². The predicted octanol–water partition coefficient (Wildman–Crippen LogP) is 7.10. The highest BCUT2D eigenvalue weighted by atomic mass is 32.2. The summed E-state index contributed by atoms with van der Waals surface area (Å²) >= 11 is 3.75. The van der Waals surface area contributed by atoms with E-state index in [-0.39, 0.29) is 0 Å². The minimum Gasteiger partial charge on any atom is -0.194 e. The number of nitrogens with zero attached hydrogens (tertiary/aromatic N) is 1. The van der Waals surface area contributed by atoms with Crippen LogP contribution in [0.4, 0.5) is 0 Å². The van der Waals surface area contributed by atoms with Crippen molar-refractivity contribution >= 4 is 45.3 Å². The lowest BCUT2D eigenvalue weighted by atomic mass is 9.96. The van der Waals surface area contributed by atoms with Crippen molar-refractivity contribution in [2.45, 2.75) is 19.6 Å². The number of benzene rings is 4. The van der Waals surface area contributed by atoms with Gasteiger partial charge in [-0.05, 0) is 42.0 Å². The summed E-state index contributed by atoms with van der Waals surface area (Å²) in [5, 5.41) is 2.59. The number of pyridine rings is 1. The molecule has 0 aliphatic carbocycles. The molecule has 6 rings (SSSR count). The molecule has 0 saturated carbocycles. The lowest BCUT2D eigenvalue weighted by Gasteiger charge is -2.19. The van der Waals surface area contributed by atoms with Crippen molar-refractivity contribution in [2.75, 3.05) is 0 Å². The molecule has 0 unspecified atom stereocenters. The van der Waals surface area contributed by atoms with E-state index in [2.05, 4.69) is 103 Å². The first kappa shape index (κ1) is 17.1. The largest absolute Gasteiger partial charge is 0.213 e. The van der Waals surface area contributed by atoms with Crippen molar-refractivity contribution in [1.29, 1.82) is 0 Å². The fourth-order valence-corrected chi connectivity index (χ4v) is 6.48. The van der Waals surface area contributed by atoms with E-state index in [1.54, 1.807) is 0 Å². The molecule has 0 bridgehead atoms. The summed E-state index contributed by atoms with van der Waals surface area (Å²) in [6, 6.07) is 33.1. The van der Waals surface area contributed by atoms with Crippen molar-refractivity contribution in [3.8, 4) is 11.1 Å². The quantitative estimate of drug-likeness (QED) is 0.211. The van der Waals surface area contributed by atoms with E-state index in [1.807, 2.05) is 23.5 Å². The predicted molar refractivity (Wildman–Crippen MR) is 123 cm³/mol. The number of hydrogen-bond donors (Lipinski definition) is 0. The summed E-state index contributed by atoms with van der Waals surface area (Å²) in [7, 11) is 2.16. The molecular weight excluding hydrogens is 390 g/mol. The molecule has 29 heavy (non-hydrogen) atoms. The van der Waals surface area contributed by atoms with Gasteiger partial charge in [-0.3, -0.25) is 0 Å². The smallest absolute Gasteiger partial charge is 0.194 e. The summed E-state index contributed by atoms with van der Waals surface area (Å²) in [5.74, 6) is 0. The van der Waals surface area contributed by atoms with Crippen LogP contribution >= 0.6 is 23.5 Å². The summed E-state index contributed by atoms with van der Waals surface area (Å²) in [6.07, 6.45) is 0. The zero-order valence-corrected chi connectivity index (χ0v) is 17.6. The normalized spacial score (nSPS) is 12.7. The Kier molecular flexibility index (Phi) is 3.93. The Morgan fingerprint density at radius 2 is 1.07 bits per heavy atom. The topological polar surface area (TPSA) is 3.88 Å². The first-order valence-electron chi connectivity index (χ1n) is 9.68. The molecule has 0 atom stereocenters. The summed E-state index contributed by atoms with van der Waals surface area (Å²) in [6.45, 7) is 0. The Hall–Kier alpha value is -2.75. The number of para-hydroxylation sites is 2. The molecule has 0 spiro atoms. The second kappa shape index (κ2) is 6.65. The molecule has 1 nitrogen and oxygen atoms in total. The second-order valence-corrected chi connectivity index (χ2v) is 9.45. The van der Waals surface area contributed by atoms with Crippen LogP contribution in [-0.4, -0.2) is 0 Å². The van der Waals surface area contributed by atoms with Gasteiger partial charge in [0.1, 0.15) is 7.05 Å². The standard InChI is InChI=1S/C26H18NS2/c1-27-20-10-4-2-8-18(20)26(19-9-3-5-11-21(19)27)17-14-15-24-25(16-17)29-23-13-7-6-12-22(23)28-24/h2-16H,1H3/q+1. The number of aromatic nitrogens is 1. The Morgan fingerprint density at radius 1 is 0.552 bits per heavy atom. The van der Waals surface area contributed by atoms with E-state index in [0.717, 1.165) is 0 Å². The molecule has 0 fully saturated rings. The summed E-state index contributed by atoms with van der Waals surface area (Å²) in [4.78, 5) is 5.37. The highest BCUT2D eigenvalue weighted by molar-refractivity contribution is 8.05. The fourth-order valence-electron chi connectivity index (χ4n) is 4.22. The van der Waals surface area contributed by atoms with Gasteiger partial charge >= 0.3 is 0 Å². The van der Waals surface area contributed by atoms with Gasteiger partial charge in [0, 0.05) is 37.3 Å². The highest BCUT2D eigenvalue weighted by Crippen LogP contribution is 2.49. The molecule has 0 radical (unpaired) electrons. The SMILES string of the molecule is C[n+]1c2ccccc2c(-c2ccc3c(c2)Sc2ccccc2S3)c2ccccc21. The van der Waals surface area contributed by atoms with Gasteiger partial charge in [0.15, 0.2) is 0 Å². The zero-order chi connectivity index (χ0) is 19.4. The van der Waals surface area contributed by atoms with Gasteiger partial charge in [0.2, 0.25) is 11.0 Å². The van der Waals surface area contributed by atoms with Crippen molar-refractivity contribution in [2.24, 2.45) is 7.05 Å². The first-order chi connectivity index (χ1) is 14.3. The Bertz CT molecular complexity index is 1360.